The molecule has 1 aliphatic rings. The van der Waals surface area contributed by atoms with Crippen LogP contribution < -0.4 is 5.32 Å². The number of rotatable bonds is 9. The van der Waals surface area contributed by atoms with Gasteiger partial charge in [-0.1, -0.05) is 51.5 Å². The molecule has 0 heterocycles. The number of hydrogen-bond acceptors (Lipinski definition) is 2. The first-order valence-electron chi connectivity index (χ1n) is 8.71. The van der Waals surface area contributed by atoms with Crippen LogP contribution >= 0.6 is 0 Å². The molecular formula is C19H32N2. The minimum atomic E-state index is 0.572. The van der Waals surface area contributed by atoms with Crippen molar-refractivity contribution in [2.75, 3.05) is 19.6 Å². The van der Waals surface area contributed by atoms with E-state index in [1.54, 1.807) is 0 Å². The Hall–Kier alpha value is -0.860. The van der Waals surface area contributed by atoms with E-state index in [-0.39, 0.29) is 0 Å². The molecule has 0 atom stereocenters. The average molecular weight is 288 g/mol. The largest absolute Gasteiger partial charge is 0.314 e. The van der Waals surface area contributed by atoms with Gasteiger partial charge in [-0.2, -0.15) is 0 Å². The standard InChI is InChI=1S/C19H32N2/c1-4-21(14-17-8-7-9-17)15-19-11-6-5-10-18(19)12-13-20-16(2)3/h5-6,10-11,16-17,20H,4,7-9,12-15H2,1-3H3. The molecule has 1 aromatic rings. The Bertz CT molecular complexity index is 410. The van der Waals surface area contributed by atoms with E-state index in [1.807, 2.05) is 0 Å². The molecule has 0 aliphatic heterocycles. The van der Waals surface area contributed by atoms with Crippen LogP contribution in [0.3, 0.4) is 0 Å². The van der Waals surface area contributed by atoms with E-state index >= 15 is 0 Å². The van der Waals surface area contributed by atoms with Gasteiger partial charge in [0.05, 0.1) is 0 Å². The van der Waals surface area contributed by atoms with Crippen molar-refractivity contribution < 1.29 is 0 Å². The highest BCUT2D eigenvalue weighted by atomic mass is 15.1. The Morgan fingerprint density at radius 3 is 2.48 bits per heavy atom. The molecule has 0 saturated heterocycles. The van der Waals surface area contributed by atoms with Gasteiger partial charge in [0.2, 0.25) is 0 Å². The summed E-state index contributed by atoms with van der Waals surface area (Å²) in [4.78, 5) is 2.62. The zero-order valence-corrected chi connectivity index (χ0v) is 14.1. The van der Waals surface area contributed by atoms with E-state index < -0.39 is 0 Å². The predicted molar refractivity (Wildman–Crippen MR) is 91.6 cm³/mol. The van der Waals surface area contributed by atoms with Crippen LogP contribution in [0.25, 0.3) is 0 Å². The summed E-state index contributed by atoms with van der Waals surface area (Å²) in [5, 5.41) is 3.53. The lowest BCUT2D eigenvalue weighted by Gasteiger charge is -2.32. The van der Waals surface area contributed by atoms with Crippen LogP contribution in [0.1, 0.15) is 51.2 Å². The number of hydrogen-bond donors (Lipinski definition) is 1. The van der Waals surface area contributed by atoms with Gasteiger partial charge < -0.3 is 5.32 Å². The molecule has 2 heteroatoms. The van der Waals surface area contributed by atoms with Crippen LogP contribution in [0.15, 0.2) is 24.3 Å². The van der Waals surface area contributed by atoms with Gasteiger partial charge in [-0.05, 0) is 49.4 Å². The minimum Gasteiger partial charge on any atom is -0.314 e. The van der Waals surface area contributed by atoms with Gasteiger partial charge in [0, 0.05) is 19.1 Å². The Morgan fingerprint density at radius 2 is 1.90 bits per heavy atom. The summed E-state index contributed by atoms with van der Waals surface area (Å²) in [5.41, 5.74) is 3.03. The summed E-state index contributed by atoms with van der Waals surface area (Å²) in [6.45, 7) is 11.4. The third-order valence-corrected chi connectivity index (χ3v) is 4.65. The Balaban J connectivity index is 1.90. The fourth-order valence-corrected chi connectivity index (χ4v) is 3.04. The zero-order valence-electron chi connectivity index (χ0n) is 14.1. The molecule has 0 aromatic heterocycles. The molecule has 21 heavy (non-hydrogen) atoms. The second-order valence-corrected chi connectivity index (χ2v) is 6.75. The maximum Gasteiger partial charge on any atom is 0.0236 e. The second kappa shape index (κ2) is 8.55. The van der Waals surface area contributed by atoms with Crippen LogP contribution in [0.4, 0.5) is 0 Å². The fourth-order valence-electron chi connectivity index (χ4n) is 3.04. The fraction of sp³-hybridized carbons (Fsp3) is 0.684. The lowest BCUT2D eigenvalue weighted by atomic mass is 9.85. The van der Waals surface area contributed by atoms with Gasteiger partial charge in [0.25, 0.3) is 0 Å². The van der Waals surface area contributed by atoms with Crippen LogP contribution in [-0.2, 0) is 13.0 Å². The average Bonchev–Trinajstić information content (AvgIpc) is 2.42. The summed E-state index contributed by atoms with van der Waals surface area (Å²) in [6.07, 6.45) is 5.46. The summed E-state index contributed by atoms with van der Waals surface area (Å²) in [6, 6.07) is 9.55. The minimum absolute atomic E-state index is 0.572. The molecule has 2 rings (SSSR count). The van der Waals surface area contributed by atoms with Gasteiger partial charge >= 0.3 is 0 Å². The van der Waals surface area contributed by atoms with Crippen molar-refractivity contribution >= 4 is 0 Å². The maximum atomic E-state index is 3.53. The normalized spacial score (nSPS) is 15.7. The number of benzene rings is 1. The maximum absolute atomic E-state index is 3.53. The first-order valence-corrected chi connectivity index (χ1v) is 8.71. The molecule has 0 unspecified atom stereocenters. The van der Waals surface area contributed by atoms with E-state index in [9.17, 15) is 0 Å². The van der Waals surface area contributed by atoms with Crippen molar-refractivity contribution in [3.63, 3.8) is 0 Å². The molecule has 1 saturated carbocycles. The lowest BCUT2D eigenvalue weighted by molar-refractivity contribution is 0.178. The van der Waals surface area contributed by atoms with E-state index in [0.717, 1.165) is 32.0 Å². The van der Waals surface area contributed by atoms with Crippen LogP contribution in [-0.4, -0.2) is 30.6 Å². The highest BCUT2D eigenvalue weighted by molar-refractivity contribution is 5.27. The van der Waals surface area contributed by atoms with Gasteiger partial charge in [-0.3, -0.25) is 4.90 Å². The Labute approximate surface area is 130 Å². The molecule has 0 spiro atoms. The van der Waals surface area contributed by atoms with Gasteiger partial charge in [0.15, 0.2) is 0 Å². The molecule has 118 valence electrons. The molecule has 2 nitrogen and oxygen atoms in total. The SMILES string of the molecule is CCN(Cc1ccccc1CCNC(C)C)CC1CCC1. The monoisotopic (exact) mass is 288 g/mol. The van der Waals surface area contributed by atoms with E-state index in [4.69, 9.17) is 0 Å². The molecule has 1 aliphatic carbocycles. The molecular weight excluding hydrogens is 256 g/mol. The lowest BCUT2D eigenvalue weighted by Crippen LogP contribution is -2.32. The summed E-state index contributed by atoms with van der Waals surface area (Å²) < 4.78 is 0. The van der Waals surface area contributed by atoms with E-state index in [0.29, 0.717) is 6.04 Å². The van der Waals surface area contributed by atoms with Crippen molar-refractivity contribution in [3.05, 3.63) is 35.4 Å². The zero-order chi connectivity index (χ0) is 15.1. The van der Waals surface area contributed by atoms with Gasteiger partial charge in [-0.15, -0.1) is 0 Å². The summed E-state index contributed by atoms with van der Waals surface area (Å²) in [5.74, 6) is 0.958. The molecule has 0 radical (unpaired) electrons. The molecule has 0 amide bonds. The van der Waals surface area contributed by atoms with Gasteiger partial charge in [0.1, 0.15) is 0 Å². The predicted octanol–water partition coefficient (Wildman–Crippen LogP) is 3.85. The first-order chi connectivity index (χ1) is 10.2. The van der Waals surface area contributed by atoms with Gasteiger partial charge in [-0.25, -0.2) is 0 Å². The smallest absolute Gasteiger partial charge is 0.0236 e. The highest BCUT2D eigenvalue weighted by Crippen LogP contribution is 2.27. The molecule has 1 N–H and O–H groups in total. The molecule has 1 aromatic carbocycles. The van der Waals surface area contributed by atoms with E-state index in [1.165, 1.54) is 36.9 Å². The quantitative estimate of drug-likeness (QED) is 0.742. The van der Waals surface area contributed by atoms with E-state index in [2.05, 4.69) is 55.3 Å². The molecule has 0 bridgehead atoms. The van der Waals surface area contributed by atoms with Crippen molar-refractivity contribution in [2.45, 2.75) is 59.0 Å². The van der Waals surface area contributed by atoms with Crippen molar-refractivity contribution in [1.82, 2.24) is 10.2 Å². The highest BCUT2D eigenvalue weighted by Gasteiger charge is 2.20. The van der Waals surface area contributed by atoms with Crippen LogP contribution in [0.2, 0.25) is 0 Å². The molecule has 1 fully saturated rings. The third-order valence-electron chi connectivity index (χ3n) is 4.65. The third kappa shape index (κ3) is 5.44. The number of nitrogens with one attached hydrogen (secondary N) is 1. The summed E-state index contributed by atoms with van der Waals surface area (Å²) >= 11 is 0. The summed E-state index contributed by atoms with van der Waals surface area (Å²) in [7, 11) is 0. The second-order valence-electron chi connectivity index (χ2n) is 6.75. The van der Waals surface area contributed by atoms with Crippen LogP contribution in [0.5, 0.6) is 0 Å². The van der Waals surface area contributed by atoms with Crippen LogP contribution in [0, 0.1) is 5.92 Å². The topological polar surface area (TPSA) is 15.3 Å². The Kier molecular flexibility index (Phi) is 6.72. The first kappa shape index (κ1) is 16.5. The van der Waals surface area contributed by atoms with Crippen molar-refractivity contribution in [1.29, 1.82) is 0 Å². The Morgan fingerprint density at radius 1 is 1.19 bits per heavy atom. The number of nitrogens with zero attached hydrogens (tertiary/aromatic N) is 1. The van der Waals surface area contributed by atoms with Crippen molar-refractivity contribution in [3.8, 4) is 0 Å². The van der Waals surface area contributed by atoms with Crippen molar-refractivity contribution in [2.24, 2.45) is 5.92 Å².